The van der Waals surface area contributed by atoms with Crippen LogP contribution in [-0.4, -0.2) is 38.5 Å². The molecule has 110 valence electrons. The zero-order chi connectivity index (χ0) is 14.7. The molecule has 0 aromatic heterocycles. The average Bonchev–Trinajstić information content (AvgIpc) is 2.95. The number of nitrogens with zero attached hydrogens (tertiary/aromatic N) is 1. The Hall–Kier alpha value is -1.62. The van der Waals surface area contributed by atoms with Crippen LogP contribution in [0.5, 0.6) is 17.2 Å². The number of rotatable bonds is 5. The molecule has 0 saturated heterocycles. The third kappa shape index (κ3) is 2.77. The molecule has 0 N–H and O–H groups in total. The Kier molecular flexibility index (Phi) is 4.60. The van der Waals surface area contributed by atoms with E-state index < -0.39 is 0 Å². The summed E-state index contributed by atoms with van der Waals surface area (Å²) in [5.41, 5.74) is 1.54. The number of oxime groups is 1. The Labute approximate surface area is 123 Å². The summed E-state index contributed by atoms with van der Waals surface area (Å²) < 4.78 is 16.0. The Morgan fingerprint density at radius 3 is 2.20 bits per heavy atom. The first-order valence-corrected chi connectivity index (χ1v) is 6.71. The van der Waals surface area contributed by atoms with Gasteiger partial charge in [-0.25, -0.2) is 0 Å². The summed E-state index contributed by atoms with van der Waals surface area (Å²) in [4.78, 5) is 5.35. The summed E-state index contributed by atoms with van der Waals surface area (Å²) in [6, 6.07) is 3.58. The molecule has 1 aliphatic heterocycles. The van der Waals surface area contributed by atoms with Crippen LogP contribution in [0.1, 0.15) is 18.9 Å². The quantitative estimate of drug-likeness (QED) is 0.785. The topological polar surface area (TPSA) is 49.3 Å². The van der Waals surface area contributed by atoms with Gasteiger partial charge < -0.3 is 19.0 Å². The van der Waals surface area contributed by atoms with E-state index >= 15 is 0 Å². The number of hydrogen-bond acceptors (Lipinski definition) is 5. The van der Waals surface area contributed by atoms with Crippen molar-refractivity contribution >= 4 is 17.3 Å². The van der Waals surface area contributed by atoms with Crippen molar-refractivity contribution in [3.8, 4) is 17.2 Å². The van der Waals surface area contributed by atoms with Gasteiger partial charge in [-0.05, 0) is 6.92 Å². The van der Waals surface area contributed by atoms with Gasteiger partial charge >= 0.3 is 0 Å². The van der Waals surface area contributed by atoms with Crippen molar-refractivity contribution in [1.82, 2.24) is 0 Å². The Bertz CT molecular complexity index is 491. The fourth-order valence-electron chi connectivity index (χ4n) is 2.08. The van der Waals surface area contributed by atoms with Gasteiger partial charge in [0.1, 0.15) is 23.4 Å². The van der Waals surface area contributed by atoms with E-state index in [2.05, 4.69) is 5.16 Å². The minimum absolute atomic E-state index is 0.119. The molecule has 2 unspecified atom stereocenters. The maximum Gasteiger partial charge on any atom is 0.149 e. The Morgan fingerprint density at radius 2 is 1.80 bits per heavy atom. The summed E-state index contributed by atoms with van der Waals surface area (Å²) >= 11 is 6.05. The third-order valence-corrected chi connectivity index (χ3v) is 3.49. The van der Waals surface area contributed by atoms with Crippen LogP contribution in [0.3, 0.4) is 0 Å². The molecule has 1 heterocycles. The first-order valence-electron chi connectivity index (χ1n) is 6.27. The van der Waals surface area contributed by atoms with Gasteiger partial charge in [-0.3, -0.25) is 0 Å². The van der Waals surface area contributed by atoms with Crippen LogP contribution in [0.4, 0.5) is 0 Å². The smallest absolute Gasteiger partial charge is 0.149 e. The lowest BCUT2D eigenvalue weighted by Crippen LogP contribution is -2.18. The molecule has 1 aromatic carbocycles. The van der Waals surface area contributed by atoms with Crippen molar-refractivity contribution in [2.24, 2.45) is 5.16 Å². The second-order valence-electron chi connectivity index (χ2n) is 4.47. The third-order valence-electron chi connectivity index (χ3n) is 3.21. The van der Waals surface area contributed by atoms with E-state index in [1.807, 2.05) is 6.92 Å². The van der Waals surface area contributed by atoms with E-state index in [0.717, 1.165) is 11.3 Å². The predicted octanol–water partition coefficient (Wildman–Crippen LogP) is 2.83. The molecular formula is C14H18ClNO4. The number of benzene rings is 1. The molecule has 1 aromatic rings. The normalized spacial score (nSPS) is 19.1. The summed E-state index contributed by atoms with van der Waals surface area (Å²) in [5, 5.41) is 3.99. The molecule has 1 aliphatic rings. The highest BCUT2D eigenvalue weighted by Crippen LogP contribution is 2.37. The number of alkyl halides is 1. The molecule has 0 saturated carbocycles. The summed E-state index contributed by atoms with van der Waals surface area (Å²) in [7, 11) is 4.78. The summed E-state index contributed by atoms with van der Waals surface area (Å²) in [6.07, 6.45) is 0.479. The van der Waals surface area contributed by atoms with Gasteiger partial charge in [-0.2, -0.15) is 0 Å². The average molecular weight is 300 g/mol. The van der Waals surface area contributed by atoms with E-state index in [4.69, 9.17) is 30.6 Å². The highest BCUT2D eigenvalue weighted by Gasteiger charge is 2.30. The summed E-state index contributed by atoms with van der Waals surface area (Å²) in [6.45, 7) is 1.88. The SMILES string of the molecule is COc1cc(OC)c(C2=NOC(C(C)Cl)C2)c(OC)c1. The van der Waals surface area contributed by atoms with Crippen LogP contribution >= 0.6 is 11.6 Å². The molecule has 2 rings (SSSR count). The van der Waals surface area contributed by atoms with Crippen LogP contribution in [-0.2, 0) is 4.84 Å². The van der Waals surface area contributed by atoms with E-state index in [-0.39, 0.29) is 11.5 Å². The van der Waals surface area contributed by atoms with Crippen molar-refractivity contribution < 1.29 is 19.0 Å². The van der Waals surface area contributed by atoms with Gasteiger partial charge in [0.2, 0.25) is 0 Å². The fourth-order valence-corrected chi connectivity index (χ4v) is 2.22. The van der Waals surface area contributed by atoms with Crippen molar-refractivity contribution in [1.29, 1.82) is 0 Å². The molecule has 0 spiro atoms. The van der Waals surface area contributed by atoms with Crippen LogP contribution in [0, 0.1) is 0 Å². The lowest BCUT2D eigenvalue weighted by molar-refractivity contribution is 0.0855. The molecule has 20 heavy (non-hydrogen) atoms. The number of halogens is 1. The van der Waals surface area contributed by atoms with Crippen LogP contribution in [0.2, 0.25) is 0 Å². The second kappa shape index (κ2) is 6.22. The van der Waals surface area contributed by atoms with Crippen molar-refractivity contribution in [3.05, 3.63) is 17.7 Å². The van der Waals surface area contributed by atoms with Gasteiger partial charge in [0.25, 0.3) is 0 Å². The molecule has 0 fully saturated rings. The monoisotopic (exact) mass is 299 g/mol. The zero-order valence-electron chi connectivity index (χ0n) is 12.0. The standard InChI is InChI=1S/C14H18ClNO4/c1-8(15)11-7-10(16-20-11)14-12(18-3)5-9(17-2)6-13(14)19-4/h5-6,8,11H,7H2,1-4H3. The summed E-state index contributed by atoms with van der Waals surface area (Å²) in [5.74, 6) is 1.92. The predicted molar refractivity (Wildman–Crippen MR) is 77.4 cm³/mol. The van der Waals surface area contributed by atoms with Crippen molar-refractivity contribution in [2.75, 3.05) is 21.3 Å². The highest BCUT2D eigenvalue weighted by atomic mass is 35.5. The second-order valence-corrected chi connectivity index (χ2v) is 5.16. The molecule has 2 atom stereocenters. The lowest BCUT2D eigenvalue weighted by Gasteiger charge is -2.14. The lowest BCUT2D eigenvalue weighted by atomic mass is 10.0. The first-order chi connectivity index (χ1) is 9.60. The zero-order valence-corrected chi connectivity index (χ0v) is 12.7. The van der Waals surface area contributed by atoms with E-state index in [1.54, 1.807) is 33.5 Å². The number of ether oxygens (including phenoxy) is 3. The van der Waals surface area contributed by atoms with Crippen molar-refractivity contribution in [2.45, 2.75) is 24.8 Å². The van der Waals surface area contributed by atoms with E-state index in [0.29, 0.717) is 23.7 Å². The van der Waals surface area contributed by atoms with Gasteiger partial charge in [0.05, 0.1) is 38.0 Å². The van der Waals surface area contributed by atoms with Crippen LogP contribution in [0.15, 0.2) is 17.3 Å². The van der Waals surface area contributed by atoms with E-state index in [1.165, 1.54) is 0 Å². The molecule has 0 radical (unpaired) electrons. The first kappa shape index (κ1) is 14.8. The largest absolute Gasteiger partial charge is 0.496 e. The Morgan fingerprint density at radius 1 is 1.20 bits per heavy atom. The molecule has 5 nitrogen and oxygen atoms in total. The number of methoxy groups -OCH3 is 3. The van der Waals surface area contributed by atoms with Gasteiger partial charge in [0.15, 0.2) is 0 Å². The maximum absolute atomic E-state index is 6.05. The van der Waals surface area contributed by atoms with Crippen LogP contribution < -0.4 is 14.2 Å². The van der Waals surface area contributed by atoms with Gasteiger partial charge in [-0.1, -0.05) is 5.16 Å². The van der Waals surface area contributed by atoms with E-state index in [9.17, 15) is 0 Å². The highest BCUT2D eigenvalue weighted by molar-refractivity contribution is 6.21. The molecule has 6 heteroatoms. The molecule has 0 amide bonds. The fraction of sp³-hybridized carbons (Fsp3) is 0.500. The van der Waals surface area contributed by atoms with Gasteiger partial charge in [-0.15, -0.1) is 11.6 Å². The van der Waals surface area contributed by atoms with Crippen LogP contribution in [0.25, 0.3) is 0 Å². The van der Waals surface area contributed by atoms with Gasteiger partial charge in [0, 0.05) is 18.6 Å². The minimum Gasteiger partial charge on any atom is -0.496 e. The number of hydrogen-bond donors (Lipinski definition) is 0. The molecule has 0 bridgehead atoms. The molecular weight excluding hydrogens is 282 g/mol. The molecule has 0 aliphatic carbocycles. The van der Waals surface area contributed by atoms with Crippen molar-refractivity contribution in [3.63, 3.8) is 0 Å². The maximum atomic E-state index is 6.05. The Balaban J connectivity index is 2.40. The minimum atomic E-state index is -0.136.